The molecule has 0 aliphatic carbocycles. The van der Waals surface area contributed by atoms with Crippen molar-refractivity contribution in [3.05, 3.63) is 42.7 Å². The number of hydrogen-bond donors (Lipinski definition) is 1. The average molecular weight is 272 g/mol. The van der Waals surface area contributed by atoms with Gasteiger partial charge < -0.3 is 15.0 Å². The summed E-state index contributed by atoms with van der Waals surface area (Å²) in [6, 6.07) is 12.2. The van der Waals surface area contributed by atoms with Crippen molar-refractivity contribution in [3.8, 4) is 5.88 Å². The van der Waals surface area contributed by atoms with E-state index in [1.165, 1.54) is 12.0 Å². The summed E-state index contributed by atoms with van der Waals surface area (Å²) in [5, 5.41) is 3.27. The van der Waals surface area contributed by atoms with Crippen molar-refractivity contribution in [2.75, 3.05) is 37.5 Å². The van der Waals surface area contributed by atoms with Crippen LogP contribution in [0.15, 0.2) is 42.7 Å². The molecule has 0 fully saturated rings. The SMILES string of the molecule is COc1cc(NCCCN(C)c2ccccc2)ncn1. The molecule has 0 bridgehead atoms. The van der Waals surface area contributed by atoms with Crippen LogP contribution in [0.2, 0.25) is 0 Å². The Balaban J connectivity index is 1.73. The first-order valence-corrected chi connectivity index (χ1v) is 6.65. The van der Waals surface area contributed by atoms with Crippen molar-refractivity contribution < 1.29 is 4.74 Å². The summed E-state index contributed by atoms with van der Waals surface area (Å²) < 4.78 is 5.06. The Hall–Kier alpha value is -2.30. The van der Waals surface area contributed by atoms with Gasteiger partial charge in [0, 0.05) is 31.9 Å². The van der Waals surface area contributed by atoms with Gasteiger partial charge >= 0.3 is 0 Å². The molecule has 5 heteroatoms. The number of benzene rings is 1. The molecule has 0 saturated heterocycles. The molecule has 0 unspecified atom stereocenters. The third-order valence-corrected chi connectivity index (χ3v) is 3.02. The molecule has 0 saturated carbocycles. The fourth-order valence-corrected chi connectivity index (χ4v) is 1.89. The van der Waals surface area contributed by atoms with Crippen LogP contribution >= 0.6 is 0 Å². The lowest BCUT2D eigenvalue weighted by Crippen LogP contribution is -2.20. The van der Waals surface area contributed by atoms with E-state index in [0.717, 1.165) is 25.3 Å². The maximum atomic E-state index is 5.06. The zero-order valence-electron chi connectivity index (χ0n) is 11.9. The number of nitrogens with zero attached hydrogens (tertiary/aromatic N) is 3. The highest BCUT2D eigenvalue weighted by molar-refractivity contribution is 5.45. The van der Waals surface area contributed by atoms with Gasteiger partial charge in [-0.25, -0.2) is 9.97 Å². The van der Waals surface area contributed by atoms with E-state index < -0.39 is 0 Å². The molecule has 5 nitrogen and oxygen atoms in total. The summed E-state index contributed by atoms with van der Waals surface area (Å²) in [5.41, 5.74) is 1.23. The number of methoxy groups -OCH3 is 1. The topological polar surface area (TPSA) is 50.3 Å². The highest BCUT2D eigenvalue weighted by Crippen LogP contribution is 2.12. The van der Waals surface area contributed by atoms with E-state index in [4.69, 9.17) is 4.74 Å². The number of hydrogen-bond acceptors (Lipinski definition) is 5. The summed E-state index contributed by atoms with van der Waals surface area (Å²) in [4.78, 5) is 10.4. The van der Waals surface area contributed by atoms with Gasteiger partial charge in [-0.2, -0.15) is 0 Å². The molecule has 0 aliphatic rings. The van der Waals surface area contributed by atoms with E-state index >= 15 is 0 Å². The number of rotatable bonds is 7. The van der Waals surface area contributed by atoms with Crippen molar-refractivity contribution >= 4 is 11.5 Å². The Bertz CT molecular complexity index is 518. The van der Waals surface area contributed by atoms with Gasteiger partial charge in [-0.3, -0.25) is 0 Å². The monoisotopic (exact) mass is 272 g/mol. The number of ether oxygens (including phenoxy) is 1. The maximum Gasteiger partial charge on any atom is 0.218 e. The summed E-state index contributed by atoms with van der Waals surface area (Å²) in [6.45, 7) is 1.84. The summed E-state index contributed by atoms with van der Waals surface area (Å²) in [5.74, 6) is 1.36. The van der Waals surface area contributed by atoms with E-state index in [9.17, 15) is 0 Å². The molecule has 0 aliphatic heterocycles. The van der Waals surface area contributed by atoms with Crippen LogP contribution < -0.4 is 15.0 Å². The molecule has 20 heavy (non-hydrogen) atoms. The maximum absolute atomic E-state index is 5.06. The Morgan fingerprint density at radius 2 is 2.00 bits per heavy atom. The van der Waals surface area contributed by atoms with Gasteiger partial charge in [0.1, 0.15) is 12.1 Å². The van der Waals surface area contributed by atoms with Crippen LogP contribution in [0.25, 0.3) is 0 Å². The standard InChI is InChI=1S/C15H20N4O/c1-19(13-7-4-3-5-8-13)10-6-9-16-14-11-15(20-2)18-12-17-14/h3-5,7-8,11-12H,6,9-10H2,1-2H3,(H,16,17,18). The van der Waals surface area contributed by atoms with E-state index in [2.05, 4.69) is 51.5 Å². The van der Waals surface area contributed by atoms with Crippen LogP contribution in [0, 0.1) is 0 Å². The average Bonchev–Trinajstić information content (AvgIpc) is 2.52. The molecule has 0 amide bonds. The first kappa shape index (κ1) is 14.1. The van der Waals surface area contributed by atoms with E-state index in [-0.39, 0.29) is 0 Å². The van der Waals surface area contributed by atoms with Crippen LogP contribution in [-0.2, 0) is 0 Å². The number of para-hydroxylation sites is 1. The smallest absolute Gasteiger partial charge is 0.218 e. The zero-order valence-corrected chi connectivity index (χ0v) is 11.9. The van der Waals surface area contributed by atoms with E-state index in [1.54, 1.807) is 13.2 Å². The van der Waals surface area contributed by atoms with Gasteiger partial charge in [-0.05, 0) is 18.6 Å². The minimum Gasteiger partial charge on any atom is -0.481 e. The molecule has 1 heterocycles. The number of anilines is 2. The number of aromatic nitrogens is 2. The molecule has 1 aromatic carbocycles. The zero-order chi connectivity index (χ0) is 14.2. The minimum atomic E-state index is 0.573. The van der Waals surface area contributed by atoms with E-state index in [0.29, 0.717) is 5.88 Å². The van der Waals surface area contributed by atoms with Crippen molar-refractivity contribution in [1.82, 2.24) is 9.97 Å². The highest BCUT2D eigenvalue weighted by Gasteiger charge is 2.00. The third kappa shape index (κ3) is 4.12. The van der Waals surface area contributed by atoms with Gasteiger partial charge in [-0.15, -0.1) is 0 Å². The molecular weight excluding hydrogens is 252 g/mol. The first-order chi connectivity index (χ1) is 9.79. The molecule has 0 atom stereocenters. The molecule has 2 aromatic rings. The molecular formula is C15H20N4O. The van der Waals surface area contributed by atoms with Gasteiger partial charge in [-0.1, -0.05) is 18.2 Å². The second-order valence-electron chi connectivity index (χ2n) is 4.48. The Morgan fingerprint density at radius 3 is 2.75 bits per heavy atom. The summed E-state index contributed by atoms with van der Waals surface area (Å²) >= 11 is 0. The third-order valence-electron chi connectivity index (χ3n) is 3.02. The molecule has 106 valence electrons. The molecule has 1 N–H and O–H groups in total. The van der Waals surface area contributed by atoms with Crippen LogP contribution in [-0.4, -0.2) is 37.2 Å². The Morgan fingerprint density at radius 1 is 1.20 bits per heavy atom. The van der Waals surface area contributed by atoms with Crippen LogP contribution in [0.5, 0.6) is 5.88 Å². The van der Waals surface area contributed by atoms with Crippen molar-refractivity contribution in [3.63, 3.8) is 0 Å². The molecule has 0 radical (unpaired) electrons. The Labute approximate surface area is 119 Å². The van der Waals surface area contributed by atoms with Crippen molar-refractivity contribution in [2.45, 2.75) is 6.42 Å². The largest absolute Gasteiger partial charge is 0.481 e. The summed E-state index contributed by atoms with van der Waals surface area (Å²) in [7, 11) is 3.70. The molecule has 2 rings (SSSR count). The van der Waals surface area contributed by atoms with E-state index in [1.807, 2.05) is 6.07 Å². The highest BCUT2D eigenvalue weighted by atomic mass is 16.5. The van der Waals surface area contributed by atoms with Gasteiger partial charge in [0.25, 0.3) is 0 Å². The van der Waals surface area contributed by atoms with Gasteiger partial charge in [0.2, 0.25) is 5.88 Å². The Kier molecular flexibility index (Phi) is 5.17. The minimum absolute atomic E-state index is 0.573. The van der Waals surface area contributed by atoms with Gasteiger partial charge in [0.05, 0.1) is 7.11 Å². The molecule has 1 aromatic heterocycles. The van der Waals surface area contributed by atoms with Crippen LogP contribution in [0.1, 0.15) is 6.42 Å². The van der Waals surface area contributed by atoms with Crippen molar-refractivity contribution in [1.29, 1.82) is 0 Å². The van der Waals surface area contributed by atoms with Crippen LogP contribution in [0.3, 0.4) is 0 Å². The predicted molar refractivity (Wildman–Crippen MR) is 81.4 cm³/mol. The second-order valence-corrected chi connectivity index (χ2v) is 4.48. The normalized spacial score (nSPS) is 10.1. The second kappa shape index (κ2) is 7.33. The fourth-order valence-electron chi connectivity index (χ4n) is 1.89. The summed E-state index contributed by atoms with van der Waals surface area (Å²) in [6.07, 6.45) is 2.52. The lowest BCUT2D eigenvalue weighted by molar-refractivity contribution is 0.397. The first-order valence-electron chi connectivity index (χ1n) is 6.65. The predicted octanol–water partition coefficient (Wildman–Crippen LogP) is 2.42. The van der Waals surface area contributed by atoms with Crippen LogP contribution in [0.4, 0.5) is 11.5 Å². The quantitative estimate of drug-likeness (QED) is 0.784. The van der Waals surface area contributed by atoms with Crippen molar-refractivity contribution in [2.24, 2.45) is 0 Å². The fraction of sp³-hybridized carbons (Fsp3) is 0.333. The lowest BCUT2D eigenvalue weighted by atomic mass is 10.3. The number of nitrogens with one attached hydrogen (secondary N) is 1. The lowest BCUT2D eigenvalue weighted by Gasteiger charge is -2.19. The van der Waals surface area contributed by atoms with Gasteiger partial charge in [0.15, 0.2) is 0 Å². The molecule has 0 spiro atoms.